The molecule has 0 unspecified atom stereocenters. The summed E-state index contributed by atoms with van der Waals surface area (Å²) < 4.78 is 0.124. The molecule has 296 valence electrons. The number of aromatic nitrogens is 1. The standard InChI is InChI=1S/C41H63N5O5S.H2O/c1-40(2,3)28-32-31-17-18-34(48)33(38(31)43-39(32)52-41(4,5)6)29-45-26-24-44(25-27-45)23-21-42-35(49)16-12-8-7-10-14-30(47)15-11-9-13-22-46-36(50)19-20-37(46)51;/h17-20,43,48H,7-16,21-29H2,1-6H3,(H,42,49);1H2. The second kappa shape index (κ2) is 20.5. The zero-order valence-electron chi connectivity index (χ0n) is 33.1. The smallest absolute Gasteiger partial charge is 0.253 e. The number of phenols is 1. The predicted molar refractivity (Wildman–Crippen MR) is 214 cm³/mol. The first-order valence-electron chi connectivity index (χ1n) is 19.4. The Hall–Kier alpha value is -3.19. The highest BCUT2D eigenvalue weighted by Gasteiger charge is 2.31. The number of Topliss-reactive ketones (excluding diaryl/α,β-unsaturated/α-hetero) is 1. The van der Waals surface area contributed by atoms with Crippen LogP contribution in [0.2, 0.25) is 0 Å². The number of imide groups is 1. The second-order valence-electron chi connectivity index (χ2n) is 16.9. The molecule has 0 saturated carbocycles. The van der Waals surface area contributed by atoms with Crippen LogP contribution in [0.4, 0.5) is 0 Å². The van der Waals surface area contributed by atoms with Crippen molar-refractivity contribution in [3.63, 3.8) is 0 Å². The van der Waals surface area contributed by atoms with Gasteiger partial charge in [-0.3, -0.25) is 33.9 Å². The fourth-order valence-electron chi connectivity index (χ4n) is 7.00. The van der Waals surface area contributed by atoms with Crippen LogP contribution in [0.15, 0.2) is 29.3 Å². The van der Waals surface area contributed by atoms with Crippen molar-refractivity contribution in [2.75, 3.05) is 45.8 Å². The summed E-state index contributed by atoms with van der Waals surface area (Å²) in [5.74, 6) is 0.205. The van der Waals surface area contributed by atoms with Crippen LogP contribution < -0.4 is 5.32 Å². The predicted octanol–water partition coefficient (Wildman–Crippen LogP) is 5.89. The van der Waals surface area contributed by atoms with Gasteiger partial charge in [-0.15, -0.1) is 0 Å². The van der Waals surface area contributed by atoms with Crippen molar-refractivity contribution >= 4 is 46.2 Å². The maximum Gasteiger partial charge on any atom is 0.253 e. The Balaban J connectivity index is 0.00000756. The summed E-state index contributed by atoms with van der Waals surface area (Å²) in [6.07, 6.45) is 11.1. The molecule has 0 atom stereocenters. The van der Waals surface area contributed by atoms with E-state index < -0.39 is 0 Å². The Morgan fingerprint density at radius 2 is 1.38 bits per heavy atom. The van der Waals surface area contributed by atoms with E-state index in [1.807, 2.05) is 6.07 Å². The molecule has 0 radical (unpaired) electrons. The quantitative estimate of drug-likeness (QED) is 0.0655. The molecule has 2 aliphatic heterocycles. The highest BCUT2D eigenvalue weighted by atomic mass is 32.2. The molecule has 0 spiro atoms. The number of rotatable bonds is 20. The Labute approximate surface area is 321 Å². The van der Waals surface area contributed by atoms with Gasteiger partial charge in [0.15, 0.2) is 0 Å². The summed E-state index contributed by atoms with van der Waals surface area (Å²) in [6.45, 7) is 19.9. The molecule has 11 nitrogen and oxygen atoms in total. The molecule has 12 heteroatoms. The van der Waals surface area contributed by atoms with Crippen LogP contribution in [0.1, 0.15) is 117 Å². The number of carbonyl (C=O) groups is 4. The number of aromatic amines is 1. The molecule has 3 heterocycles. The highest BCUT2D eigenvalue weighted by molar-refractivity contribution is 7.80. The van der Waals surface area contributed by atoms with Crippen LogP contribution in [0, 0.1) is 5.41 Å². The third-order valence-corrected chi connectivity index (χ3v) is 11.0. The minimum Gasteiger partial charge on any atom is -0.870 e. The molecule has 0 bridgehead atoms. The number of phenolic OH excluding ortho intramolecular Hbond substituents is 1. The molecule has 1 fully saturated rings. The van der Waals surface area contributed by atoms with E-state index in [1.54, 1.807) is 0 Å². The number of benzene rings is 1. The van der Waals surface area contributed by atoms with Crippen LogP contribution in [0.25, 0.3) is 10.9 Å². The molecule has 1 aromatic heterocycles. The van der Waals surface area contributed by atoms with E-state index in [0.717, 1.165) is 95.2 Å². The van der Waals surface area contributed by atoms with Crippen LogP contribution in [0.3, 0.4) is 0 Å². The molecule has 1 aromatic carbocycles. The molecule has 2 aliphatic rings. The molecule has 53 heavy (non-hydrogen) atoms. The van der Waals surface area contributed by atoms with Gasteiger partial charge < -0.3 is 20.9 Å². The number of nitrogens with zero attached hydrogens (tertiary/aromatic N) is 3. The van der Waals surface area contributed by atoms with Gasteiger partial charge in [0.05, 0.1) is 5.52 Å². The second-order valence-corrected chi connectivity index (χ2v) is 18.9. The summed E-state index contributed by atoms with van der Waals surface area (Å²) in [4.78, 5) is 57.6. The average Bonchev–Trinajstić information content (AvgIpc) is 3.56. The maximum atomic E-state index is 12.4. The number of nitrogens with one attached hydrogen (secondary N) is 2. The monoisotopic (exact) mass is 755 g/mol. The molecular weight excluding hydrogens is 691 g/mol. The van der Waals surface area contributed by atoms with Crippen LogP contribution >= 0.6 is 0 Å². The summed E-state index contributed by atoms with van der Waals surface area (Å²) in [5, 5.41) is 16.6. The summed E-state index contributed by atoms with van der Waals surface area (Å²) in [5.41, 5.74) is 3.57. The Morgan fingerprint density at radius 3 is 1.98 bits per heavy atom. The van der Waals surface area contributed by atoms with Crippen LogP contribution in [-0.2, 0) is 43.9 Å². The van der Waals surface area contributed by atoms with Gasteiger partial charge in [-0.2, -0.15) is 0 Å². The lowest BCUT2D eigenvalue weighted by molar-refractivity contribution is -0.137. The molecule has 3 amide bonds. The fraction of sp³-hybridized carbons (Fsp3) is 0.659. The summed E-state index contributed by atoms with van der Waals surface area (Å²) >= 11 is 1.26. The zero-order valence-corrected chi connectivity index (χ0v) is 34.0. The van der Waals surface area contributed by atoms with Gasteiger partial charge in [-0.05, 0) is 70.4 Å². The third-order valence-electron chi connectivity index (χ3n) is 9.74. The van der Waals surface area contributed by atoms with Crippen molar-refractivity contribution < 1.29 is 29.8 Å². The SMILES string of the molecule is CC(C)(C)Cc1c([SH+]C(C)(C)C)[nH]c2c(CN3CCN(CCNC(=O)CCCCCCC(=O)CCCCCN4C(=O)C=CC4=O)CC3)c(O)ccc12.[OH-]. The van der Waals surface area contributed by atoms with E-state index in [2.05, 4.69) is 67.7 Å². The Bertz CT molecular complexity index is 1550. The minimum absolute atomic E-state index is 0. The number of carbonyl (C=O) groups excluding carboxylic acids is 4. The Morgan fingerprint density at radius 1 is 0.792 bits per heavy atom. The number of piperazine rings is 1. The van der Waals surface area contributed by atoms with Crippen molar-refractivity contribution in [1.29, 1.82) is 0 Å². The van der Waals surface area contributed by atoms with Crippen molar-refractivity contribution in [1.82, 2.24) is 25.0 Å². The number of H-pyrrole nitrogens is 1. The molecular formula is C41H65N5O6S. The van der Waals surface area contributed by atoms with Gasteiger partial charge in [-0.25, -0.2) is 0 Å². The first-order valence-corrected chi connectivity index (χ1v) is 20.3. The molecule has 4 rings (SSSR count). The van der Waals surface area contributed by atoms with Crippen LogP contribution in [0.5, 0.6) is 5.75 Å². The Kier molecular flexibility index (Phi) is 17.1. The van der Waals surface area contributed by atoms with E-state index in [4.69, 9.17) is 0 Å². The van der Waals surface area contributed by atoms with Crippen molar-refractivity contribution in [3.8, 4) is 5.75 Å². The van der Waals surface area contributed by atoms with Gasteiger partial charge in [-0.1, -0.05) is 40.0 Å². The van der Waals surface area contributed by atoms with E-state index in [9.17, 15) is 24.3 Å². The number of hydrogen-bond acceptors (Lipinski definition) is 8. The number of fused-ring (bicyclic) bond motifs is 1. The van der Waals surface area contributed by atoms with Crippen molar-refractivity contribution in [2.24, 2.45) is 5.41 Å². The molecule has 2 aromatic rings. The van der Waals surface area contributed by atoms with Crippen molar-refractivity contribution in [3.05, 3.63) is 35.4 Å². The van der Waals surface area contributed by atoms with Gasteiger partial charge in [0.2, 0.25) is 10.9 Å². The normalized spacial score (nSPS) is 15.8. The van der Waals surface area contributed by atoms with Gasteiger partial charge in [0.1, 0.15) is 16.3 Å². The highest BCUT2D eigenvalue weighted by Crippen LogP contribution is 2.37. The van der Waals surface area contributed by atoms with Crippen LogP contribution in [-0.4, -0.2) is 104 Å². The number of amides is 3. The third kappa shape index (κ3) is 14.5. The minimum atomic E-state index is -0.250. The van der Waals surface area contributed by atoms with Crippen molar-refractivity contribution in [2.45, 2.75) is 128 Å². The lowest BCUT2D eigenvalue weighted by atomic mass is 9.88. The fourth-order valence-corrected chi connectivity index (χ4v) is 8.17. The summed E-state index contributed by atoms with van der Waals surface area (Å²) in [7, 11) is 0. The first kappa shape index (κ1) is 44.2. The van der Waals surface area contributed by atoms with Gasteiger partial charge in [0, 0.05) is 112 Å². The number of hydrogen-bond donors (Lipinski definition) is 3. The summed E-state index contributed by atoms with van der Waals surface area (Å²) in [6, 6.07) is 3.95. The van der Waals surface area contributed by atoms with E-state index in [1.165, 1.54) is 44.8 Å². The number of aromatic hydroxyl groups is 1. The van der Waals surface area contributed by atoms with Gasteiger partial charge >= 0.3 is 0 Å². The lowest BCUT2D eigenvalue weighted by Crippen LogP contribution is -2.48. The number of unbranched alkanes of at least 4 members (excludes halogenated alkanes) is 5. The number of ketones is 1. The maximum absolute atomic E-state index is 12.4. The average molecular weight is 756 g/mol. The lowest BCUT2D eigenvalue weighted by Gasteiger charge is -2.34. The largest absolute Gasteiger partial charge is 0.870 e. The zero-order chi connectivity index (χ0) is 37.9. The van der Waals surface area contributed by atoms with E-state index >= 15 is 0 Å². The molecule has 1 saturated heterocycles. The molecule has 4 N–H and O–H groups in total. The molecule has 0 aliphatic carbocycles. The number of thiol groups is 1. The van der Waals surface area contributed by atoms with Gasteiger partial charge in [0.25, 0.3) is 11.8 Å². The van der Waals surface area contributed by atoms with E-state index in [0.29, 0.717) is 44.6 Å². The van der Waals surface area contributed by atoms with E-state index in [-0.39, 0.29) is 39.1 Å². The first-order chi connectivity index (χ1) is 24.6. The topological polar surface area (TPSA) is 156 Å².